The lowest BCUT2D eigenvalue weighted by molar-refractivity contribution is 0.797. The summed E-state index contributed by atoms with van der Waals surface area (Å²) in [6.45, 7) is 2.31. The van der Waals surface area contributed by atoms with Crippen LogP contribution in [0.1, 0.15) is 30.4 Å². The van der Waals surface area contributed by atoms with Crippen molar-refractivity contribution in [1.29, 1.82) is 0 Å². The van der Waals surface area contributed by atoms with E-state index < -0.39 is 0 Å². The molecule has 0 aliphatic heterocycles. The molecule has 184 valence electrons. The summed E-state index contributed by atoms with van der Waals surface area (Å²) >= 11 is 0. The molecule has 1 atom stereocenters. The van der Waals surface area contributed by atoms with Crippen LogP contribution >= 0.6 is 0 Å². The highest BCUT2D eigenvalue weighted by molar-refractivity contribution is 6.21. The summed E-state index contributed by atoms with van der Waals surface area (Å²) in [5, 5.41) is 7.77. The van der Waals surface area contributed by atoms with Crippen molar-refractivity contribution in [2.24, 2.45) is 0 Å². The number of benzene rings is 7. The molecular formula is C39H28. The van der Waals surface area contributed by atoms with Gasteiger partial charge in [0.15, 0.2) is 0 Å². The molecule has 0 saturated carbocycles. The van der Waals surface area contributed by atoms with E-state index in [1.165, 1.54) is 76.8 Å². The lowest BCUT2D eigenvalue weighted by Crippen LogP contribution is -1.95. The highest BCUT2D eigenvalue weighted by Crippen LogP contribution is 2.49. The van der Waals surface area contributed by atoms with Crippen LogP contribution in [-0.4, -0.2) is 0 Å². The van der Waals surface area contributed by atoms with Crippen LogP contribution in [0, 0.1) is 0 Å². The van der Waals surface area contributed by atoms with Crippen molar-refractivity contribution in [2.45, 2.75) is 19.3 Å². The Hall–Kier alpha value is -4.68. The van der Waals surface area contributed by atoms with Crippen LogP contribution in [0.2, 0.25) is 0 Å². The molecule has 0 saturated heterocycles. The first-order valence-electron chi connectivity index (χ1n) is 14.0. The van der Waals surface area contributed by atoms with Crippen molar-refractivity contribution in [3.05, 3.63) is 145 Å². The summed E-state index contributed by atoms with van der Waals surface area (Å²) < 4.78 is 0. The monoisotopic (exact) mass is 496 g/mol. The SMILES string of the molecule is CCC1c2ccccc2-c2ccc(-c3c4ccccc4c(-c4ccc5ccccc5c4)c4ccccc34)cc21. The average Bonchev–Trinajstić information content (AvgIpc) is 3.32. The smallest absolute Gasteiger partial charge is 0.00992 e. The topological polar surface area (TPSA) is 0 Å². The van der Waals surface area contributed by atoms with Crippen LogP contribution in [0.5, 0.6) is 0 Å². The molecule has 1 unspecified atom stereocenters. The van der Waals surface area contributed by atoms with E-state index >= 15 is 0 Å². The summed E-state index contributed by atoms with van der Waals surface area (Å²) in [5.74, 6) is 0.450. The van der Waals surface area contributed by atoms with Gasteiger partial charge in [0.05, 0.1) is 0 Å². The van der Waals surface area contributed by atoms with Crippen molar-refractivity contribution in [1.82, 2.24) is 0 Å². The van der Waals surface area contributed by atoms with Gasteiger partial charge < -0.3 is 0 Å². The fraction of sp³-hybridized carbons (Fsp3) is 0.0769. The van der Waals surface area contributed by atoms with Crippen LogP contribution in [-0.2, 0) is 0 Å². The number of hydrogen-bond acceptors (Lipinski definition) is 0. The summed E-state index contributed by atoms with van der Waals surface area (Å²) in [4.78, 5) is 0. The van der Waals surface area contributed by atoms with E-state index in [9.17, 15) is 0 Å². The molecule has 7 aromatic rings. The molecule has 0 amide bonds. The Morgan fingerprint density at radius 2 is 0.949 bits per heavy atom. The second-order valence-corrected chi connectivity index (χ2v) is 10.8. The normalized spacial score (nSPS) is 14.1. The minimum absolute atomic E-state index is 0.450. The molecule has 0 heteroatoms. The molecule has 0 aromatic heterocycles. The Kier molecular flexibility index (Phi) is 4.97. The van der Waals surface area contributed by atoms with Gasteiger partial charge in [-0.15, -0.1) is 0 Å². The Bertz CT molecular complexity index is 2000. The predicted molar refractivity (Wildman–Crippen MR) is 167 cm³/mol. The van der Waals surface area contributed by atoms with Crippen molar-refractivity contribution in [3.8, 4) is 33.4 Å². The highest BCUT2D eigenvalue weighted by Gasteiger charge is 2.28. The van der Waals surface area contributed by atoms with Crippen LogP contribution in [0.3, 0.4) is 0 Å². The van der Waals surface area contributed by atoms with Crippen molar-refractivity contribution >= 4 is 32.3 Å². The van der Waals surface area contributed by atoms with E-state index in [1.54, 1.807) is 0 Å². The van der Waals surface area contributed by atoms with Gasteiger partial charge in [-0.2, -0.15) is 0 Å². The lowest BCUT2D eigenvalue weighted by atomic mass is 9.84. The molecule has 8 rings (SSSR count). The third-order valence-corrected chi connectivity index (χ3v) is 8.72. The number of rotatable bonds is 3. The molecule has 1 aliphatic carbocycles. The highest BCUT2D eigenvalue weighted by atomic mass is 14.3. The molecule has 0 spiro atoms. The Morgan fingerprint density at radius 1 is 0.436 bits per heavy atom. The van der Waals surface area contributed by atoms with E-state index in [2.05, 4.69) is 140 Å². The summed E-state index contributed by atoms with van der Waals surface area (Å²) in [6.07, 6.45) is 1.11. The summed E-state index contributed by atoms with van der Waals surface area (Å²) in [7, 11) is 0. The largest absolute Gasteiger partial charge is 0.0645 e. The number of hydrogen-bond donors (Lipinski definition) is 0. The first kappa shape index (κ1) is 22.3. The first-order valence-corrected chi connectivity index (χ1v) is 14.0. The van der Waals surface area contributed by atoms with Gasteiger partial charge in [0.2, 0.25) is 0 Å². The predicted octanol–water partition coefficient (Wildman–Crippen LogP) is 11.0. The Balaban J connectivity index is 1.43. The quantitative estimate of drug-likeness (QED) is 0.213. The van der Waals surface area contributed by atoms with Crippen molar-refractivity contribution < 1.29 is 0 Å². The van der Waals surface area contributed by atoms with Crippen LogP contribution < -0.4 is 0 Å². The minimum Gasteiger partial charge on any atom is -0.0645 e. The summed E-state index contributed by atoms with van der Waals surface area (Å²) in [6, 6.07) is 49.6. The van der Waals surface area contributed by atoms with E-state index in [0.717, 1.165) is 6.42 Å². The van der Waals surface area contributed by atoms with E-state index in [4.69, 9.17) is 0 Å². The Morgan fingerprint density at radius 3 is 1.62 bits per heavy atom. The molecular weight excluding hydrogens is 468 g/mol. The zero-order chi connectivity index (χ0) is 25.9. The fourth-order valence-electron chi connectivity index (χ4n) is 7.00. The van der Waals surface area contributed by atoms with Crippen molar-refractivity contribution in [3.63, 3.8) is 0 Å². The van der Waals surface area contributed by atoms with Gasteiger partial charge >= 0.3 is 0 Å². The third kappa shape index (κ3) is 3.31. The molecule has 1 aliphatic rings. The molecule has 0 bridgehead atoms. The standard InChI is InChI=1S/C39H28/c1-2-29-30-13-5-6-14-31(30)32-22-21-28(24-37(29)32)39-35-17-9-7-15-33(35)38(34-16-8-10-18-36(34)39)27-20-19-25-11-3-4-12-26(25)23-27/h3-24,29H,2H2,1H3. The second kappa shape index (κ2) is 8.68. The van der Waals surface area contributed by atoms with Crippen LogP contribution in [0.4, 0.5) is 0 Å². The number of fused-ring (bicyclic) bond motifs is 6. The maximum Gasteiger partial charge on any atom is 0.00992 e. The zero-order valence-corrected chi connectivity index (χ0v) is 22.0. The minimum atomic E-state index is 0.450. The fourth-order valence-corrected chi connectivity index (χ4v) is 7.00. The molecule has 7 aromatic carbocycles. The molecule has 0 N–H and O–H groups in total. The van der Waals surface area contributed by atoms with E-state index in [0.29, 0.717) is 5.92 Å². The van der Waals surface area contributed by atoms with Gasteiger partial charge in [0.25, 0.3) is 0 Å². The van der Waals surface area contributed by atoms with Gasteiger partial charge in [0, 0.05) is 5.92 Å². The van der Waals surface area contributed by atoms with Gasteiger partial charge in [-0.3, -0.25) is 0 Å². The van der Waals surface area contributed by atoms with Gasteiger partial charge in [-0.05, 0) is 95.4 Å². The third-order valence-electron chi connectivity index (χ3n) is 8.72. The van der Waals surface area contributed by atoms with Crippen LogP contribution in [0.25, 0.3) is 65.7 Å². The lowest BCUT2D eigenvalue weighted by Gasteiger charge is -2.19. The molecule has 0 nitrogen and oxygen atoms in total. The molecule has 0 radical (unpaired) electrons. The van der Waals surface area contributed by atoms with Crippen molar-refractivity contribution in [2.75, 3.05) is 0 Å². The van der Waals surface area contributed by atoms with Gasteiger partial charge in [-0.25, -0.2) is 0 Å². The average molecular weight is 497 g/mol. The maximum absolute atomic E-state index is 2.48. The first-order chi connectivity index (χ1) is 19.3. The molecule has 0 heterocycles. The van der Waals surface area contributed by atoms with Crippen LogP contribution in [0.15, 0.2) is 133 Å². The summed E-state index contributed by atoms with van der Waals surface area (Å²) in [5.41, 5.74) is 10.9. The zero-order valence-electron chi connectivity index (χ0n) is 22.0. The van der Waals surface area contributed by atoms with E-state index in [-0.39, 0.29) is 0 Å². The van der Waals surface area contributed by atoms with E-state index in [1.807, 2.05) is 0 Å². The van der Waals surface area contributed by atoms with Gasteiger partial charge in [0.1, 0.15) is 0 Å². The molecule has 0 fully saturated rings. The maximum atomic E-state index is 2.48. The Labute approximate surface area is 229 Å². The van der Waals surface area contributed by atoms with Gasteiger partial charge in [-0.1, -0.05) is 128 Å². The second-order valence-electron chi connectivity index (χ2n) is 10.8. The molecule has 39 heavy (non-hydrogen) atoms.